The molecule has 1 fully saturated rings. The van der Waals surface area contributed by atoms with Gasteiger partial charge in [0.25, 0.3) is 0 Å². The molecule has 0 spiro atoms. The minimum absolute atomic E-state index is 0.196. The number of hydrogen-bond acceptors (Lipinski definition) is 3. The lowest BCUT2D eigenvalue weighted by molar-refractivity contribution is 0.0580. The van der Waals surface area contributed by atoms with Gasteiger partial charge in [-0.05, 0) is 18.4 Å². The number of benzene rings is 1. The van der Waals surface area contributed by atoms with Crippen LogP contribution < -0.4 is 0 Å². The van der Waals surface area contributed by atoms with E-state index in [1.807, 2.05) is 30.3 Å². The Morgan fingerprint density at radius 3 is 2.76 bits per heavy atom. The lowest BCUT2D eigenvalue weighted by Crippen LogP contribution is -2.14. The van der Waals surface area contributed by atoms with Crippen LogP contribution in [0.25, 0.3) is 0 Å². The van der Waals surface area contributed by atoms with E-state index < -0.39 is 0 Å². The summed E-state index contributed by atoms with van der Waals surface area (Å²) >= 11 is 0. The maximum absolute atomic E-state index is 9.24. The van der Waals surface area contributed by atoms with E-state index in [-0.39, 0.29) is 12.5 Å². The van der Waals surface area contributed by atoms with E-state index in [4.69, 9.17) is 9.47 Å². The third-order valence-electron chi connectivity index (χ3n) is 3.02. The standard InChI is InChI=1S/C14H20O3/c15-8-13(6-7-14-11-17-14)10-16-9-12-4-2-1-3-5-12/h1-5,13-15H,6-11H2/t13-,14+/m1/s1. The first kappa shape index (κ1) is 12.6. The zero-order valence-corrected chi connectivity index (χ0v) is 10.0. The molecule has 1 N–H and O–H groups in total. The van der Waals surface area contributed by atoms with Gasteiger partial charge in [0.15, 0.2) is 0 Å². The highest BCUT2D eigenvalue weighted by Gasteiger charge is 2.23. The Bertz CT molecular complexity index is 309. The van der Waals surface area contributed by atoms with E-state index in [9.17, 15) is 5.11 Å². The maximum atomic E-state index is 9.24. The topological polar surface area (TPSA) is 42.0 Å². The Morgan fingerprint density at radius 2 is 2.12 bits per heavy atom. The summed E-state index contributed by atoms with van der Waals surface area (Å²) in [7, 11) is 0. The molecule has 0 unspecified atom stereocenters. The van der Waals surface area contributed by atoms with Crippen molar-refractivity contribution in [1.29, 1.82) is 0 Å². The Hall–Kier alpha value is -0.900. The second kappa shape index (κ2) is 6.74. The number of aliphatic hydroxyl groups is 1. The Balaban J connectivity index is 1.61. The first-order valence-electron chi connectivity index (χ1n) is 6.22. The highest BCUT2D eigenvalue weighted by molar-refractivity contribution is 5.13. The molecule has 3 nitrogen and oxygen atoms in total. The number of epoxide rings is 1. The number of aliphatic hydroxyl groups excluding tert-OH is 1. The summed E-state index contributed by atoms with van der Waals surface area (Å²) in [6, 6.07) is 10.1. The Labute approximate surface area is 102 Å². The van der Waals surface area contributed by atoms with Crippen LogP contribution in [0.15, 0.2) is 30.3 Å². The van der Waals surface area contributed by atoms with Gasteiger partial charge in [-0.3, -0.25) is 0 Å². The van der Waals surface area contributed by atoms with Crippen molar-refractivity contribution in [3.8, 4) is 0 Å². The van der Waals surface area contributed by atoms with Crippen molar-refractivity contribution in [2.24, 2.45) is 5.92 Å². The fourth-order valence-corrected chi connectivity index (χ4v) is 1.80. The molecule has 1 aromatic carbocycles. The molecule has 94 valence electrons. The van der Waals surface area contributed by atoms with Crippen LogP contribution in [-0.4, -0.2) is 31.0 Å². The third-order valence-corrected chi connectivity index (χ3v) is 3.02. The Kier molecular flexibility index (Phi) is 4.98. The van der Waals surface area contributed by atoms with Crippen LogP contribution in [0.3, 0.4) is 0 Å². The number of ether oxygens (including phenoxy) is 2. The second-order valence-corrected chi connectivity index (χ2v) is 4.58. The van der Waals surface area contributed by atoms with E-state index in [1.165, 1.54) is 5.56 Å². The third kappa shape index (κ3) is 4.86. The minimum atomic E-state index is 0.196. The molecule has 0 aromatic heterocycles. The largest absolute Gasteiger partial charge is 0.396 e. The number of hydrogen-bond donors (Lipinski definition) is 1. The average molecular weight is 236 g/mol. The van der Waals surface area contributed by atoms with Crippen molar-refractivity contribution in [3.63, 3.8) is 0 Å². The van der Waals surface area contributed by atoms with Gasteiger partial charge in [-0.25, -0.2) is 0 Å². The van der Waals surface area contributed by atoms with Crippen molar-refractivity contribution in [2.45, 2.75) is 25.6 Å². The molecule has 3 heteroatoms. The highest BCUT2D eigenvalue weighted by atomic mass is 16.6. The van der Waals surface area contributed by atoms with Gasteiger partial charge in [0.05, 0.1) is 25.9 Å². The average Bonchev–Trinajstić information content (AvgIpc) is 3.19. The van der Waals surface area contributed by atoms with E-state index in [0.717, 1.165) is 19.4 Å². The molecule has 1 aliphatic rings. The van der Waals surface area contributed by atoms with Crippen molar-refractivity contribution in [3.05, 3.63) is 35.9 Å². The minimum Gasteiger partial charge on any atom is -0.396 e. The second-order valence-electron chi connectivity index (χ2n) is 4.58. The lowest BCUT2D eigenvalue weighted by atomic mass is 10.0. The van der Waals surface area contributed by atoms with Gasteiger partial charge < -0.3 is 14.6 Å². The summed E-state index contributed by atoms with van der Waals surface area (Å²) < 4.78 is 10.8. The van der Waals surface area contributed by atoms with Gasteiger partial charge in [0.2, 0.25) is 0 Å². The molecule has 0 amide bonds. The van der Waals surface area contributed by atoms with Crippen LogP contribution in [-0.2, 0) is 16.1 Å². The molecule has 2 atom stereocenters. The predicted octanol–water partition coefficient (Wildman–Crippen LogP) is 1.99. The summed E-state index contributed by atoms with van der Waals surface area (Å²) in [5.41, 5.74) is 1.18. The summed E-state index contributed by atoms with van der Waals surface area (Å²) in [6.07, 6.45) is 2.47. The zero-order chi connectivity index (χ0) is 11.9. The molecular formula is C14H20O3. The molecule has 1 saturated heterocycles. The van der Waals surface area contributed by atoms with Gasteiger partial charge in [0, 0.05) is 12.5 Å². The molecule has 0 aliphatic carbocycles. The first-order chi connectivity index (χ1) is 8.38. The maximum Gasteiger partial charge on any atom is 0.0810 e. The molecule has 2 rings (SSSR count). The van der Waals surface area contributed by atoms with Gasteiger partial charge in [-0.15, -0.1) is 0 Å². The van der Waals surface area contributed by atoms with Crippen molar-refractivity contribution in [1.82, 2.24) is 0 Å². The van der Waals surface area contributed by atoms with Crippen LogP contribution in [0.2, 0.25) is 0 Å². The van der Waals surface area contributed by atoms with Gasteiger partial charge in [-0.2, -0.15) is 0 Å². The molecule has 1 heterocycles. The van der Waals surface area contributed by atoms with Gasteiger partial charge in [0.1, 0.15) is 0 Å². The molecule has 17 heavy (non-hydrogen) atoms. The van der Waals surface area contributed by atoms with Crippen molar-refractivity contribution < 1.29 is 14.6 Å². The summed E-state index contributed by atoms with van der Waals surface area (Å²) in [5.74, 6) is 0.239. The van der Waals surface area contributed by atoms with Gasteiger partial charge in [-0.1, -0.05) is 30.3 Å². The van der Waals surface area contributed by atoms with E-state index in [2.05, 4.69) is 0 Å². The molecule has 0 bridgehead atoms. The Morgan fingerprint density at radius 1 is 1.35 bits per heavy atom. The van der Waals surface area contributed by atoms with E-state index >= 15 is 0 Å². The summed E-state index contributed by atoms with van der Waals surface area (Å²) in [4.78, 5) is 0. The molecule has 0 saturated carbocycles. The van der Waals surface area contributed by atoms with E-state index in [1.54, 1.807) is 0 Å². The zero-order valence-electron chi connectivity index (χ0n) is 10.0. The smallest absolute Gasteiger partial charge is 0.0810 e. The molecule has 1 aromatic rings. The van der Waals surface area contributed by atoms with Crippen LogP contribution in [0.1, 0.15) is 18.4 Å². The summed E-state index contributed by atoms with van der Waals surface area (Å²) in [5, 5.41) is 9.24. The van der Waals surface area contributed by atoms with Crippen molar-refractivity contribution in [2.75, 3.05) is 19.8 Å². The van der Waals surface area contributed by atoms with Crippen LogP contribution >= 0.6 is 0 Å². The monoisotopic (exact) mass is 236 g/mol. The van der Waals surface area contributed by atoms with Crippen LogP contribution in [0.5, 0.6) is 0 Å². The highest BCUT2D eigenvalue weighted by Crippen LogP contribution is 2.19. The fraction of sp³-hybridized carbons (Fsp3) is 0.571. The van der Waals surface area contributed by atoms with Crippen LogP contribution in [0.4, 0.5) is 0 Å². The fourth-order valence-electron chi connectivity index (χ4n) is 1.80. The summed E-state index contributed by atoms with van der Waals surface area (Å²) in [6.45, 7) is 2.33. The predicted molar refractivity (Wildman–Crippen MR) is 65.6 cm³/mol. The molecule has 0 radical (unpaired) electrons. The van der Waals surface area contributed by atoms with E-state index in [0.29, 0.717) is 19.3 Å². The molecule has 1 aliphatic heterocycles. The SMILES string of the molecule is OC[C@@H](CC[C@H]1CO1)COCc1ccccc1. The van der Waals surface area contributed by atoms with Crippen LogP contribution in [0, 0.1) is 5.92 Å². The normalized spacial score (nSPS) is 20.2. The quantitative estimate of drug-likeness (QED) is 0.702. The van der Waals surface area contributed by atoms with Gasteiger partial charge >= 0.3 is 0 Å². The lowest BCUT2D eigenvalue weighted by Gasteiger charge is -2.13. The number of rotatable bonds is 8. The molecular weight excluding hydrogens is 216 g/mol. The van der Waals surface area contributed by atoms with Crippen molar-refractivity contribution >= 4 is 0 Å². The first-order valence-corrected chi connectivity index (χ1v) is 6.22.